The topological polar surface area (TPSA) is 113 Å². The van der Waals surface area contributed by atoms with Gasteiger partial charge in [-0.25, -0.2) is 18.4 Å². The van der Waals surface area contributed by atoms with E-state index >= 15 is 0 Å². The standard InChI is InChI=1S/C9H15F2N3O4/c1-14(4-6(10)11)9(18)13-5(8(16)17)2-3-7(12)15/h5-6H,2-4H2,1H3,(H2,12,15)(H,13,18)(H,16,17). The molecule has 0 saturated heterocycles. The number of alkyl halides is 2. The molecule has 4 N–H and O–H groups in total. The molecule has 0 radical (unpaired) electrons. The zero-order valence-corrected chi connectivity index (χ0v) is 9.73. The number of carbonyl (C=O) groups is 3. The SMILES string of the molecule is CN(CC(F)F)C(=O)NC(CCC(N)=O)C(=O)O. The fourth-order valence-corrected chi connectivity index (χ4v) is 1.09. The first-order valence-corrected chi connectivity index (χ1v) is 5.05. The molecule has 0 aliphatic heterocycles. The summed E-state index contributed by atoms with van der Waals surface area (Å²) in [6, 6.07) is -2.29. The van der Waals surface area contributed by atoms with Crippen LogP contribution in [0.2, 0.25) is 0 Å². The molecule has 0 spiro atoms. The Morgan fingerprint density at radius 2 is 1.94 bits per heavy atom. The summed E-state index contributed by atoms with van der Waals surface area (Å²) in [5, 5.41) is 10.8. The van der Waals surface area contributed by atoms with E-state index in [1.807, 2.05) is 5.32 Å². The number of hydrogen-bond donors (Lipinski definition) is 3. The lowest BCUT2D eigenvalue weighted by atomic mass is 10.1. The highest BCUT2D eigenvalue weighted by Crippen LogP contribution is 2.00. The highest BCUT2D eigenvalue weighted by atomic mass is 19.3. The third-order valence-corrected chi connectivity index (χ3v) is 2.03. The number of rotatable bonds is 7. The number of carboxylic acid groups (broad SMARTS) is 1. The molecule has 104 valence electrons. The van der Waals surface area contributed by atoms with Gasteiger partial charge >= 0.3 is 12.0 Å². The summed E-state index contributed by atoms with van der Waals surface area (Å²) in [4.78, 5) is 33.3. The molecular weight excluding hydrogens is 252 g/mol. The lowest BCUT2D eigenvalue weighted by molar-refractivity contribution is -0.139. The number of carbonyl (C=O) groups excluding carboxylic acids is 2. The van der Waals surface area contributed by atoms with Crippen molar-refractivity contribution in [2.45, 2.75) is 25.3 Å². The molecule has 0 aliphatic carbocycles. The first-order chi connectivity index (χ1) is 8.23. The van der Waals surface area contributed by atoms with E-state index in [0.29, 0.717) is 4.90 Å². The van der Waals surface area contributed by atoms with Crippen LogP contribution in [0, 0.1) is 0 Å². The Morgan fingerprint density at radius 1 is 1.39 bits per heavy atom. The number of urea groups is 1. The Hall–Kier alpha value is -1.93. The number of carboxylic acids is 1. The van der Waals surface area contributed by atoms with Gasteiger partial charge in [-0.15, -0.1) is 0 Å². The molecule has 0 aliphatic rings. The molecule has 18 heavy (non-hydrogen) atoms. The van der Waals surface area contributed by atoms with Crippen molar-refractivity contribution in [3.05, 3.63) is 0 Å². The fraction of sp³-hybridized carbons (Fsp3) is 0.667. The van der Waals surface area contributed by atoms with Crippen molar-refractivity contribution in [3.63, 3.8) is 0 Å². The van der Waals surface area contributed by atoms with Crippen LogP contribution in [0.4, 0.5) is 13.6 Å². The van der Waals surface area contributed by atoms with Crippen LogP contribution in [0.25, 0.3) is 0 Å². The van der Waals surface area contributed by atoms with Gasteiger partial charge in [-0.3, -0.25) is 4.79 Å². The average Bonchev–Trinajstić information content (AvgIpc) is 2.21. The minimum absolute atomic E-state index is 0.196. The van der Waals surface area contributed by atoms with Crippen molar-refractivity contribution >= 4 is 17.9 Å². The zero-order chi connectivity index (χ0) is 14.3. The highest BCUT2D eigenvalue weighted by Gasteiger charge is 2.23. The number of hydrogen-bond acceptors (Lipinski definition) is 3. The summed E-state index contributed by atoms with van der Waals surface area (Å²) in [5.74, 6) is -2.08. The minimum Gasteiger partial charge on any atom is -0.480 e. The van der Waals surface area contributed by atoms with Gasteiger partial charge in [0.25, 0.3) is 6.43 Å². The Kier molecular flexibility index (Phi) is 6.61. The number of amides is 3. The second kappa shape index (κ2) is 7.41. The molecule has 3 amide bonds. The first-order valence-electron chi connectivity index (χ1n) is 5.05. The van der Waals surface area contributed by atoms with E-state index < -0.39 is 36.9 Å². The first kappa shape index (κ1) is 16.1. The molecule has 0 heterocycles. The number of aliphatic carboxylic acids is 1. The predicted octanol–water partition coefficient (Wildman–Crippen LogP) is -0.388. The van der Waals surface area contributed by atoms with E-state index in [-0.39, 0.29) is 12.8 Å². The van der Waals surface area contributed by atoms with E-state index in [1.54, 1.807) is 0 Å². The number of halogens is 2. The van der Waals surface area contributed by atoms with E-state index in [0.717, 1.165) is 7.05 Å². The summed E-state index contributed by atoms with van der Waals surface area (Å²) in [6.07, 6.45) is -3.14. The van der Waals surface area contributed by atoms with E-state index in [2.05, 4.69) is 0 Å². The van der Waals surface area contributed by atoms with Crippen molar-refractivity contribution < 1.29 is 28.3 Å². The van der Waals surface area contributed by atoms with Gasteiger partial charge in [-0.1, -0.05) is 0 Å². The second-order valence-corrected chi connectivity index (χ2v) is 3.62. The summed E-state index contributed by atoms with van der Waals surface area (Å²) < 4.78 is 24.0. The Bertz CT molecular complexity index is 325. The van der Waals surface area contributed by atoms with Crippen LogP contribution in [0.15, 0.2) is 0 Å². The minimum atomic E-state index is -2.71. The summed E-state index contributed by atoms with van der Waals surface area (Å²) >= 11 is 0. The van der Waals surface area contributed by atoms with Crippen molar-refractivity contribution in [3.8, 4) is 0 Å². The van der Waals surface area contributed by atoms with Crippen LogP contribution < -0.4 is 11.1 Å². The van der Waals surface area contributed by atoms with Gasteiger partial charge in [0.15, 0.2) is 0 Å². The van der Waals surface area contributed by atoms with Gasteiger partial charge in [0.1, 0.15) is 6.04 Å². The monoisotopic (exact) mass is 267 g/mol. The normalized spacial score (nSPS) is 12.0. The molecule has 0 bridgehead atoms. The van der Waals surface area contributed by atoms with Crippen LogP contribution in [0.5, 0.6) is 0 Å². The third kappa shape index (κ3) is 6.61. The van der Waals surface area contributed by atoms with Crippen molar-refractivity contribution in [2.75, 3.05) is 13.6 Å². The molecule has 0 aromatic heterocycles. The quantitative estimate of drug-likeness (QED) is 0.583. The summed E-state index contributed by atoms with van der Waals surface area (Å²) in [7, 11) is 1.11. The Morgan fingerprint density at radius 3 is 2.33 bits per heavy atom. The number of nitrogens with zero attached hydrogens (tertiary/aromatic N) is 1. The molecule has 0 aromatic rings. The lowest BCUT2D eigenvalue weighted by Crippen LogP contribution is -2.48. The lowest BCUT2D eigenvalue weighted by Gasteiger charge is -2.20. The maximum absolute atomic E-state index is 12.0. The molecule has 1 unspecified atom stereocenters. The van der Waals surface area contributed by atoms with Crippen LogP contribution in [-0.4, -0.2) is 54.0 Å². The number of nitrogens with one attached hydrogen (secondary N) is 1. The molecule has 9 heteroatoms. The predicted molar refractivity (Wildman–Crippen MR) is 57.0 cm³/mol. The smallest absolute Gasteiger partial charge is 0.326 e. The fourth-order valence-electron chi connectivity index (χ4n) is 1.09. The Labute approximate surface area is 102 Å². The molecule has 1 atom stereocenters. The van der Waals surface area contributed by atoms with Crippen molar-refractivity contribution in [1.29, 1.82) is 0 Å². The van der Waals surface area contributed by atoms with E-state index in [9.17, 15) is 23.2 Å². The second-order valence-electron chi connectivity index (χ2n) is 3.62. The van der Waals surface area contributed by atoms with Gasteiger partial charge < -0.3 is 21.1 Å². The summed E-state index contributed by atoms with van der Waals surface area (Å²) in [6.45, 7) is -0.812. The van der Waals surface area contributed by atoms with Crippen LogP contribution in [0.1, 0.15) is 12.8 Å². The number of primary amides is 1. The van der Waals surface area contributed by atoms with Crippen LogP contribution in [-0.2, 0) is 9.59 Å². The van der Waals surface area contributed by atoms with E-state index in [4.69, 9.17) is 10.8 Å². The van der Waals surface area contributed by atoms with Crippen molar-refractivity contribution in [2.24, 2.45) is 5.73 Å². The van der Waals surface area contributed by atoms with Gasteiger partial charge in [0, 0.05) is 13.5 Å². The van der Waals surface area contributed by atoms with Gasteiger partial charge in [0.2, 0.25) is 5.91 Å². The maximum Gasteiger partial charge on any atom is 0.326 e. The molecule has 0 fully saturated rings. The molecule has 7 nitrogen and oxygen atoms in total. The molecule has 0 saturated carbocycles. The molecule has 0 aromatic carbocycles. The van der Waals surface area contributed by atoms with Crippen molar-refractivity contribution in [1.82, 2.24) is 10.2 Å². The Balaban J connectivity index is 4.35. The van der Waals surface area contributed by atoms with Gasteiger partial charge in [-0.2, -0.15) is 0 Å². The third-order valence-electron chi connectivity index (χ3n) is 2.03. The van der Waals surface area contributed by atoms with Gasteiger partial charge in [-0.05, 0) is 6.42 Å². The average molecular weight is 267 g/mol. The molecular formula is C9H15F2N3O4. The largest absolute Gasteiger partial charge is 0.480 e. The van der Waals surface area contributed by atoms with Crippen LogP contribution >= 0.6 is 0 Å². The number of nitrogens with two attached hydrogens (primary N) is 1. The highest BCUT2D eigenvalue weighted by molar-refractivity contribution is 5.83. The van der Waals surface area contributed by atoms with E-state index in [1.165, 1.54) is 0 Å². The summed E-state index contributed by atoms with van der Waals surface area (Å²) in [5.41, 5.74) is 4.84. The van der Waals surface area contributed by atoms with Crippen LogP contribution in [0.3, 0.4) is 0 Å². The zero-order valence-electron chi connectivity index (χ0n) is 9.73. The van der Waals surface area contributed by atoms with Gasteiger partial charge in [0.05, 0.1) is 6.54 Å². The maximum atomic E-state index is 12.0. The molecule has 0 rings (SSSR count).